The predicted octanol–water partition coefficient (Wildman–Crippen LogP) is 3.09. The van der Waals surface area contributed by atoms with E-state index in [4.69, 9.17) is 28.9 Å². The van der Waals surface area contributed by atoms with Crippen molar-refractivity contribution in [1.82, 2.24) is 9.78 Å². The van der Waals surface area contributed by atoms with E-state index in [0.717, 1.165) is 5.56 Å². The molecule has 1 heterocycles. The maximum absolute atomic E-state index is 13.5. The molecule has 1 aromatic carbocycles. The number of aryl methyl sites for hydroxylation is 1. The molecule has 2 rings (SSSR count). The molecule has 96 valence electrons. The number of nitrogens with two attached hydrogens (primary N) is 1. The third-order valence-electron chi connectivity index (χ3n) is 2.87. The Labute approximate surface area is 114 Å². The minimum atomic E-state index is -0.934. The molecule has 2 N–H and O–H groups in total. The van der Waals surface area contributed by atoms with Crippen molar-refractivity contribution in [3.05, 3.63) is 51.5 Å². The summed E-state index contributed by atoms with van der Waals surface area (Å²) in [6.07, 6.45) is 3.39. The van der Waals surface area contributed by atoms with Crippen LogP contribution in [0.2, 0.25) is 10.0 Å². The van der Waals surface area contributed by atoms with E-state index >= 15 is 0 Å². The molecular weight excluding hydrogens is 276 g/mol. The number of hydrogen-bond acceptors (Lipinski definition) is 2. The minimum absolute atomic E-state index is 0.0225. The molecule has 0 saturated carbocycles. The standard InChI is InChI=1S/C12H12Cl2FN3/c1-12(16,7-5-17-18(2)6-7)8-3-11(15)10(14)4-9(8)13/h3-6H,16H2,1-2H3. The zero-order valence-electron chi connectivity index (χ0n) is 9.92. The Bertz CT molecular complexity index is 593. The zero-order valence-corrected chi connectivity index (χ0v) is 11.4. The Hall–Kier alpha value is -1.10. The summed E-state index contributed by atoms with van der Waals surface area (Å²) in [6.45, 7) is 1.75. The lowest BCUT2D eigenvalue weighted by Crippen LogP contribution is -2.34. The van der Waals surface area contributed by atoms with Crippen molar-refractivity contribution in [3.63, 3.8) is 0 Å². The Morgan fingerprint density at radius 1 is 1.33 bits per heavy atom. The van der Waals surface area contributed by atoms with E-state index in [2.05, 4.69) is 5.10 Å². The monoisotopic (exact) mass is 287 g/mol. The van der Waals surface area contributed by atoms with Gasteiger partial charge in [0.25, 0.3) is 0 Å². The second-order valence-electron chi connectivity index (χ2n) is 4.35. The first-order chi connectivity index (χ1) is 8.32. The van der Waals surface area contributed by atoms with Crippen molar-refractivity contribution < 1.29 is 4.39 Å². The lowest BCUT2D eigenvalue weighted by molar-refractivity contribution is 0.581. The van der Waals surface area contributed by atoms with Gasteiger partial charge in [0, 0.05) is 23.8 Å². The topological polar surface area (TPSA) is 43.8 Å². The van der Waals surface area contributed by atoms with Gasteiger partial charge in [-0.2, -0.15) is 5.10 Å². The highest BCUT2D eigenvalue weighted by molar-refractivity contribution is 6.35. The second kappa shape index (κ2) is 4.53. The van der Waals surface area contributed by atoms with E-state index < -0.39 is 11.4 Å². The fraction of sp³-hybridized carbons (Fsp3) is 0.250. The molecule has 2 aromatic rings. The van der Waals surface area contributed by atoms with Crippen LogP contribution < -0.4 is 5.73 Å². The van der Waals surface area contributed by atoms with Gasteiger partial charge in [-0.25, -0.2) is 4.39 Å². The SMILES string of the molecule is Cn1cc(C(C)(N)c2cc(F)c(Cl)cc2Cl)cn1. The summed E-state index contributed by atoms with van der Waals surface area (Å²) in [6, 6.07) is 2.62. The predicted molar refractivity (Wildman–Crippen MR) is 70.3 cm³/mol. The molecule has 0 fully saturated rings. The first-order valence-corrected chi connectivity index (χ1v) is 6.01. The molecule has 3 nitrogen and oxygen atoms in total. The van der Waals surface area contributed by atoms with Crippen molar-refractivity contribution in [1.29, 1.82) is 0 Å². The summed E-state index contributed by atoms with van der Waals surface area (Å²) in [5, 5.41) is 4.36. The summed E-state index contributed by atoms with van der Waals surface area (Å²) in [7, 11) is 1.78. The Morgan fingerprint density at radius 2 is 2.00 bits per heavy atom. The van der Waals surface area contributed by atoms with Gasteiger partial charge in [-0.3, -0.25) is 4.68 Å². The Balaban J connectivity index is 2.57. The van der Waals surface area contributed by atoms with Crippen LogP contribution in [0.25, 0.3) is 0 Å². The zero-order chi connectivity index (χ0) is 13.5. The van der Waals surface area contributed by atoms with E-state index in [-0.39, 0.29) is 5.02 Å². The molecule has 0 aliphatic rings. The van der Waals surface area contributed by atoms with Crippen LogP contribution in [-0.2, 0) is 12.6 Å². The minimum Gasteiger partial charge on any atom is -0.318 e. The molecule has 18 heavy (non-hydrogen) atoms. The van der Waals surface area contributed by atoms with Crippen LogP contribution >= 0.6 is 23.2 Å². The summed E-state index contributed by atoms with van der Waals surface area (Å²) >= 11 is 11.8. The summed E-state index contributed by atoms with van der Waals surface area (Å²) in [5.41, 5.74) is 6.53. The number of halogens is 3. The van der Waals surface area contributed by atoms with Gasteiger partial charge < -0.3 is 5.73 Å². The van der Waals surface area contributed by atoms with Crippen molar-refractivity contribution in [2.75, 3.05) is 0 Å². The van der Waals surface area contributed by atoms with Gasteiger partial charge in [0.1, 0.15) is 5.82 Å². The van der Waals surface area contributed by atoms with Crippen LogP contribution in [0.1, 0.15) is 18.1 Å². The molecule has 1 unspecified atom stereocenters. The first-order valence-electron chi connectivity index (χ1n) is 5.25. The molecule has 0 aliphatic carbocycles. The molecule has 1 aromatic heterocycles. The third kappa shape index (κ3) is 2.23. The molecule has 0 saturated heterocycles. The molecular formula is C12H12Cl2FN3. The number of nitrogens with zero attached hydrogens (tertiary/aromatic N) is 2. The smallest absolute Gasteiger partial charge is 0.142 e. The molecule has 0 amide bonds. The van der Waals surface area contributed by atoms with Gasteiger partial charge in [-0.15, -0.1) is 0 Å². The highest BCUT2D eigenvalue weighted by Gasteiger charge is 2.28. The van der Waals surface area contributed by atoms with Gasteiger partial charge in [0.15, 0.2) is 0 Å². The average Bonchev–Trinajstić information content (AvgIpc) is 2.70. The van der Waals surface area contributed by atoms with Crippen LogP contribution in [-0.4, -0.2) is 9.78 Å². The quantitative estimate of drug-likeness (QED) is 0.863. The van der Waals surface area contributed by atoms with Crippen LogP contribution in [0.5, 0.6) is 0 Å². The molecule has 0 aliphatic heterocycles. The van der Waals surface area contributed by atoms with Gasteiger partial charge >= 0.3 is 0 Å². The summed E-state index contributed by atoms with van der Waals surface area (Å²) < 4.78 is 15.2. The maximum Gasteiger partial charge on any atom is 0.142 e. The van der Waals surface area contributed by atoms with Gasteiger partial charge in [0.2, 0.25) is 0 Å². The molecule has 1 atom stereocenters. The Morgan fingerprint density at radius 3 is 2.56 bits per heavy atom. The normalized spacial score (nSPS) is 14.6. The summed E-state index contributed by atoms with van der Waals surface area (Å²) in [5.74, 6) is -0.545. The van der Waals surface area contributed by atoms with E-state index in [1.807, 2.05) is 0 Å². The van der Waals surface area contributed by atoms with Crippen molar-refractivity contribution in [2.24, 2.45) is 12.8 Å². The van der Waals surface area contributed by atoms with Gasteiger partial charge in [0.05, 0.1) is 16.8 Å². The average molecular weight is 288 g/mol. The fourth-order valence-electron chi connectivity index (χ4n) is 1.77. The number of hydrogen-bond donors (Lipinski definition) is 1. The number of aromatic nitrogens is 2. The van der Waals surface area contributed by atoms with Crippen molar-refractivity contribution >= 4 is 23.2 Å². The van der Waals surface area contributed by atoms with E-state index in [1.165, 1.54) is 12.1 Å². The molecule has 0 bridgehead atoms. The highest BCUT2D eigenvalue weighted by Crippen LogP contribution is 2.34. The van der Waals surface area contributed by atoms with Gasteiger partial charge in [-0.1, -0.05) is 23.2 Å². The van der Waals surface area contributed by atoms with E-state index in [0.29, 0.717) is 10.6 Å². The highest BCUT2D eigenvalue weighted by atomic mass is 35.5. The number of rotatable bonds is 2. The molecule has 0 radical (unpaired) electrons. The largest absolute Gasteiger partial charge is 0.318 e. The molecule has 6 heteroatoms. The van der Waals surface area contributed by atoms with Gasteiger partial charge in [-0.05, 0) is 24.6 Å². The lowest BCUT2D eigenvalue weighted by atomic mass is 9.87. The van der Waals surface area contributed by atoms with Crippen molar-refractivity contribution in [3.8, 4) is 0 Å². The fourth-order valence-corrected chi connectivity index (χ4v) is 2.34. The summed E-state index contributed by atoms with van der Waals surface area (Å²) in [4.78, 5) is 0. The maximum atomic E-state index is 13.5. The lowest BCUT2D eigenvalue weighted by Gasteiger charge is -2.25. The number of benzene rings is 1. The van der Waals surface area contributed by atoms with E-state index in [9.17, 15) is 4.39 Å². The van der Waals surface area contributed by atoms with Crippen LogP contribution in [0.3, 0.4) is 0 Å². The second-order valence-corrected chi connectivity index (χ2v) is 5.17. The first kappa shape index (κ1) is 13.3. The molecule has 0 spiro atoms. The van der Waals surface area contributed by atoms with Crippen LogP contribution in [0, 0.1) is 5.82 Å². The van der Waals surface area contributed by atoms with Crippen LogP contribution in [0.15, 0.2) is 24.5 Å². The van der Waals surface area contributed by atoms with Crippen LogP contribution in [0.4, 0.5) is 4.39 Å². The van der Waals surface area contributed by atoms with Crippen molar-refractivity contribution in [2.45, 2.75) is 12.5 Å². The Kier molecular flexibility index (Phi) is 3.36. The van der Waals surface area contributed by atoms with E-state index in [1.54, 1.807) is 31.0 Å². The third-order valence-corrected chi connectivity index (χ3v) is 3.48.